The monoisotopic (exact) mass is 459 g/mol. The van der Waals surface area contributed by atoms with Gasteiger partial charge in [-0.2, -0.15) is 0 Å². The first-order valence-corrected chi connectivity index (χ1v) is 12.1. The van der Waals surface area contributed by atoms with Crippen molar-refractivity contribution >= 4 is 27.9 Å². The van der Waals surface area contributed by atoms with Crippen molar-refractivity contribution in [3.8, 4) is 11.1 Å². The van der Waals surface area contributed by atoms with Crippen molar-refractivity contribution < 1.29 is 9.47 Å². The summed E-state index contributed by atoms with van der Waals surface area (Å²) in [5.74, 6) is 0. The highest BCUT2D eigenvalue weighted by atomic mass is 16.5. The Kier molecular flexibility index (Phi) is 5.55. The van der Waals surface area contributed by atoms with Gasteiger partial charge >= 0.3 is 5.69 Å². The largest absolute Gasteiger partial charge is 0.381 e. The van der Waals surface area contributed by atoms with Crippen LogP contribution in [0.1, 0.15) is 38.5 Å². The average molecular weight is 460 g/mol. The fourth-order valence-corrected chi connectivity index (χ4v) is 5.24. The molecule has 2 atom stereocenters. The first-order valence-electron chi connectivity index (χ1n) is 12.1. The highest BCUT2D eigenvalue weighted by molar-refractivity contribution is 5.85. The van der Waals surface area contributed by atoms with Crippen LogP contribution in [-0.4, -0.2) is 50.0 Å². The molecule has 0 aromatic carbocycles. The molecule has 0 radical (unpaired) electrons. The van der Waals surface area contributed by atoms with Gasteiger partial charge in [0.1, 0.15) is 5.65 Å². The average Bonchev–Trinajstić information content (AvgIpc) is 3.46. The number of hydrogen-bond donors (Lipinski definition) is 1. The summed E-state index contributed by atoms with van der Waals surface area (Å²) in [6, 6.07) is 6.17. The minimum absolute atomic E-state index is 0.0462. The van der Waals surface area contributed by atoms with Gasteiger partial charge in [0.25, 0.3) is 0 Å². The fraction of sp³-hybridized carbons (Fsp3) is 0.423. The molecule has 0 spiro atoms. The van der Waals surface area contributed by atoms with Crippen molar-refractivity contribution in [3.63, 3.8) is 0 Å². The fourth-order valence-electron chi connectivity index (χ4n) is 5.24. The Morgan fingerprint density at radius 2 is 2.09 bits per heavy atom. The van der Waals surface area contributed by atoms with E-state index in [1.54, 1.807) is 7.11 Å². The molecule has 1 saturated heterocycles. The van der Waals surface area contributed by atoms with Crippen LogP contribution in [0.2, 0.25) is 0 Å². The molecule has 2 aliphatic rings. The number of aromatic amines is 1. The number of fused-ring (bicyclic) bond motifs is 2. The molecule has 1 N–H and O–H groups in total. The highest BCUT2D eigenvalue weighted by Crippen LogP contribution is 2.29. The van der Waals surface area contributed by atoms with Crippen LogP contribution in [0.4, 0.5) is 0 Å². The summed E-state index contributed by atoms with van der Waals surface area (Å²) >= 11 is 0. The van der Waals surface area contributed by atoms with Gasteiger partial charge in [-0.1, -0.05) is 6.08 Å². The van der Waals surface area contributed by atoms with Crippen LogP contribution in [0.3, 0.4) is 0 Å². The second-order valence-electron chi connectivity index (χ2n) is 9.25. The normalized spacial score (nSPS) is 21.3. The predicted octanol–water partition coefficient (Wildman–Crippen LogP) is 4.35. The molecule has 0 saturated carbocycles. The second-order valence-corrected chi connectivity index (χ2v) is 9.25. The van der Waals surface area contributed by atoms with Crippen LogP contribution in [0.5, 0.6) is 0 Å². The zero-order chi connectivity index (χ0) is 23.1. The number of nitrogens with one attached hydrogen (secondary N) is 1. The molecule has 0 bridgehead atoms. The Morgan fingerprint density at radius 1 is 1.21 bits per heavy atom. The molecule has 34 heavy (non-hydrogen) atoms. The number of aromatic nitrogens is 5. The van der Waals surface area contributed by atoms with E-state index in [4.69, 9.17) is 14.5 Å². The molecule has 5 heterocycles. The van der Waals surface area contributed by atoms with Gasteiger partial charge in [0.05, 0.1) is 24.3 Å². The molecular formula is C26H29N5O3. The van der Waals surface area contributed by atoms with E-state index in [1.165, 1.54) is 0 Å². The lowest BCUT2D eigenvalue weighted by Gasteiger charge is -2.28. The standard InChI is InChI=1S/C26H29N5O3/c1-33-21-8-10-34-22(13-21)16-30-23-12-19(18-11-17-7-9-27-24(17)28-14-18)15-29-25(23)31(26(30)32)20-5-3-2-4-6-20/h5,7,9,11-12,14-15,21-22H,2-4,6,8,10,13,16H2,1H3,(H,27,28). The molecule has 0 amide bonds. The molecule has 6 rings (SSSR count). The SMILES string of the molecule is COC1CCOC(Cn2c(=O)n(C3=CCCCC3)c3ncc(-c4cnc5[nH]ccc5c4)cc32)C1. The smallest absolute Gasteiger partial charge is 0.334 e. The molecule has 8 nitrogen and oxygen atoms in total. The third kappa shape index (κ3) is 3.76. The van der Waals surface area contributed by atoms with Crippen LogP contribution in [0.15, 0.2) is 47.7 Å². The quantitative estimate of drug-likeness (QED) is 0.479. The van der Waals surface area contributed by atoms with E-state index in [0.29, 0.717) is 18.8 Å². The minimum Gasteiger partial charge on any atom is -0.381 e. The van der Waals surface area contributed by atoms with Gasteiger partial charge < -0.3 is 14.5 Å². The third-order valence-corrected chi connectivity index (χ3v) is 7.10. The minimum atomic E-state index is -0.0719. The summed E-state index contributed by atoms with van der Waals surface area (Å²) in [6.07, 6.45) is 13.7. The number of methoxy groups -OCH3 is 1. The van der Waals surface area contributed by atoms with Gasteiger partial charge in [-0.25, -0.2) is 19.3 Å². The third-order valence-electron chi connectivity index (χ3n) is 7.10. The van der Waals surface area contributed by atoms with Crippen molar-refractivity contribution in [2.45, 2.75) is 57.3 Å². The Labute approximate surface area is 197 Å². The molecule has 176 valence electrons. The maximum atomic E-state index is 13.7. The molecule has 8 heteroatoms. The summed E-state index contributed by atoms with van der Waals surface area (Å²) in [5.41, 5.74) is 5.30. The number of rotatable bonds is 5. The van der Waals surface area contributed by atoms with E-state index in [9.17, 15) is 4.79 Å². The highest BCUT2D eigenvalue weighted by Gasteiger charge is 2.26. The van der Waals surface area contributed by atoms with E-state index in [0.717, 1.165) is 71.9 Å². The lowest BCUT2D eigenvalue weighted by atomic mass is 10.0. The number of hydrogen-bond acceptors (Lipinski definition) is 5. The van der Waals surface area contributed by atoms with E-state index in [-0.39, 0.29) is 17.9 Å². The van der Waals surface area contributed by atoms with Crippen LogP contribution in [0, 0.1) is 0 Å². The van der Waals surface area contributed by atoms with Crippen LogP contribution in [-0.2, 0) is 16.0 Å². The summed E-state index contributed by atoms with van der Waals surface area (Å²) in [5, 5.41) is 1.04. The molecule has 2 unspecified atom stereocenters. The van der Waals surface area contributed by atoms with Gasteiger partial charge in [0, 0.05) is 60.9 Å². The first kappa shape index (κ1) is 21.3. The topological polar surface area (TPSA) is 87.0 Å². The maximum absolute atomic E-state index is 13.7. The van der Waals surface area contributed by atoms with Gasteiger partial charge in [0.15, 0.2) is 5.65 Å². The molecule has 1 aliphatic heterocycles. The zero-order valence-electron chi connectivity index (χ0n) is 19.4. The van der Waals surface area contributed by atoms with Gasteiger partial charge in [-0.3, -0.25) is 4.57 Å². The number of pyridine rings is 2. The van der Waals surface area contributed by atoms with Gasteiger partial charge in [-0.15, -0.1) is 0 Å². The maximum Gasteiger partial charge on any atom is 0.334 e. The molecular weight excluding hydrogens is 430 g/mol. The Balaban J connectivity index is 1.47. The number of imidazole rings is 1. The predicted molar refractivity (Wildman–Crippen MR) is 132 cm³/mol. The second kappa shape index (κ2) is 8.85. The lowest BCUT2D eigenvalue weighted by Crippen LogP contribution is -2.36. The van der Waals surface area contributed by atoms with E-state index < -0.39 is 0 Å². The van der Waals surface area contributed by atoms with Crippen molar-refractivity contribution in [2.24, 2.45) is 0 Å². The number of ether oxygens (including phenoxy) is 2. The summed E-state index contributed by atoms with van der Waals surface area (Å²) in [7, 11) is 1.74. The van der Waals surface area contributed by atoms with Crippen LogP contribution >= 0.6 is 0 Å². The van der Waals surface area contributed by atoms with E-state index in [1.807, 2.05) is 33.8 Å². The van der Waals surface area contributed by atoms with Crippen molar-refractivity contribution in [1.29, 1.82) is 0 Å². The zero-order valence-corrected chi connectivity index (χ0v) is 19.4. The van der Waals surface area contributed by atoms with Crippen molar-refractivity contribution in [1.82, 2.24) is 24.1 Å². The Hall–Kier alpha value is -3.23. The lowest BCUT2D eigenvalue weighted by molar-refractivity contribution is -0.0638. The van der Waals surface area contributed by atoms with Crippen LogP contribution in [0.25, 0.3) is 39.0 Å². The number of nitrogens with zero attached hydrogens (tertiary/aromatic N) is 4. The molecule has 4 aromatic heterocycles. The summed E-state index contributed by atoms with van der Waals surface area (Å²) < 4.78 is 15.3. The molecule has 4 aromatic rings. The van der Waals surface area contributed by atoms with Crippen molar-refractivity contribution in [2.75, 3.05) is 13.7 Å². The van der Waals surface area contributed by atoms with E-state index >= 15 is 0 Å². The first-order chi connectivity index (χ1) is 16.7. The van der Waals surface area contributed by atoms with E-state index in [2.05, 4.69) is 28.2 Å². The van der Waals surface area contributed by atoms with Crippen molar-refractivity contribution in [3.05, 3.63) is 53.3 Å². The summed E-state index contributed by atoms with van der Waals surface area (Å²) in [6.45, 7) is 1.13. The molecule has 1 fully saturated rings. The Morgan fingerprint density at radius 3 is 2.94 bits per heavy atom. The summed E-state index contributed by atoms with van der Waals surface area (Å²) in [4.78, 5) is 26.2. The van der Waals surface area contributed by atoms with Gasteiger partial charge in [-0.05, 0) is 50.3 Å². The van der Waals surface area contributed by atoms with Gasteiger partial charge in [0.2, 0.25) is 0 Å². The molecule has 1 aliphatic carbocycles. The number of H-pyrrole nitrogens is 1. The number of allylic oxidation sites excluding steroid dienone is 2. The Bertz CT molecular complexity index is 1430. The van der Waals surface area contributed by atoms with Crippen LogP contribution < -0.4 is 5.69 Å².